The molecule has 3 heterocycles. The summed E-state index contributed by atoms with van der Waals surface area (Å²) in [6, 6.07) is 77.7. The molecule has 1 unspecified atom stereocenters. The standard InChI is InChI=1S/C74H64N4O.Pt/c1-49-40-71(75-47-65(49)52-26-15-10-16-27-52)78-67-39-35-54(50-22-11-8-12-23-50)43-64(67)62-38-37-59(46-70(62)78)79-58-36-34-53-28-17-18-31-66(63(53)45-58)76-48-77(69-33-20-19-32-68(69)76)72-60(51-24-13-9-14-25-51)29-21-30-61(72)55-41-56(73(2,3)4)44-57(42-55)74(5,6)7;/h8-16,19-27,29-30,32-44,47,66H,17-18,28,31H2,1-7H3;/q-2;/i1D3;. The predicted molar refractivity (Wildman–Crippen MR) is 327 cm³/mol. The molecular formula is C74H64N4OPt-2. The van der Waals surface area contributed by atoms with E-state index in [1.807, 2.05) is 65.2 Å². The van der Waals surface area contributed by atoms with Gasteiger partial charge in [-0.25, -0.2) is 4.98 Å². The summed E-state index contributed by atoms with van der Waals surface area (Å²) in [6.07, 6.45) is 5.68. The van der Waals surface area contributed by atoms with Gasteiger partial charge < -0.3 is 0 Å². The number of hydrogen-bond acceptors (Lipinski definition) is 2. The van der Waals surface area contributed by atoms with Gasteiger partial charge in [0.15, 0.2) is 0 Å². The quantitative estimate of drug-likeness (QED) is 0.107. The van der Waals surface area contributed by atoms with Crippen LogP contribution in [0.15, 0.2) is 206 Å². The second-order valence-electron chi connectivity index (χ2n) is 23.4. The second kappa shape index (κ2) is 20.5. The smallest absolute Gasteiger partial charge is 0.238 e. The Morgan fingerprint density at radius 1 is 0.537 bits per heavy atom. The van der Waals surface area contributed by atoms with Crippen LogP contribution < -0.4 is 4.74 Å². The van der Waals surface area contributed by atoms with Crippen LogP contribution in [-0.4, -0.2) is 18.7 Å². The Kier molecular flexibility index (Phi) is 12.3. The zero-order valence-corrected chi connectivity index (χ0v) is 48.3. The molecule has 12 aromatic rings. The minimum atomic E-state index is -2.41. The third kappa shape index (κ3) is 9.39. The monoisotopic (exact) mass is 1220 g/mol. The number of benzene rings is 9. The molecule has 1 atom stereocenters. The van der Waals surface area contributed by atoms with Crippen LogP contribution in [0.5, 0.6) is 11.5 Å². The summed E-state index contributed by atoms with van der Waals surface area (Å²) in [5, 5.41) is 1.93. The molecular weight excluding hydrogens is 1160 g/mol. The van der Waals surface area contributed by atoms with Gasteiger partial charge in [-0.1, -0.05) is 72.8 Å². The van der Waals surface area contributed by atoms with E-state index >= 15 is 0 Å². The molecule has 0 N–H and O–H groups in total. The van der Waals surface area contributed by atoms with Crippen LogP contribution in [0.2, 0.25) is 0 Å². The number of pyridine rings is 1. The zero-order chi connectivity index (χ0) is 57.4. The van der Waals surface area contributed by atoms with Crippen LogP contribution in [0, 0.1) is 22.8 Å². The summed E-state index contributed by atoms with van der Waals surface area (Å²) in [5.41, 5.74) is 18.4. The minimum absolute atomic E-state index is 0.0519. The van der Waals surface area contributed by atoms with Crippen molar-refractivity contribution >= 4 is 32.8 Å². The molecule has 6 heteroatoms. The maximum absolute atomic E-state index is 8.73. The van der Waals surface area contributed by atoms with Gasteiger partial charge in [-0.3, -0.25) is 0 Å². The Balaban J connectivity index is 0.955. The fourth-order valence-electron chi connectivity index (χ4n) is 11.9. The number of rotatable bonds is 9. The number of nitrogens with zero attached hydrogens (tertiary/aromatic N) is 4. The van der Waals surface area contributed by atoms with Crippen molar-refractivity contribution in [3.63, 3.8) is 0 Å². The van der Waals surface area contributed by atoms with Gasteiger partial charge in [-0.15, -0.1) is 0 Å². The Labute approximate surface area is 485 Å². The molecule has 398 valence electrons. The van der Waals surface area contributed by atoms with Crippen LogP contribution >= 0.6 is 0 Å². The molecule has 13 rings (SSSR count). The normalized spacial score (nSPS) is 14.7. The number of imidazole rings is 1. The van der Waals surface area contributed by atoms with Gasteiger partial charge >= 0.3 is 353 Å². The summed E-state index contributed by atoms with van der Waals surface area (Å²) in [7, 11) is 0. The van der Waals surface area contributed by atoms with Crippen molar-refractivity contribution in [1.29, 1.82) is 0 Å². The molecule has 0 amide bonds. The predicted octanol–water partition coefficient (Wildman–Crippen LogP) is 19.3. The molecule has 1 aliphatic rings. The van der Waals surface area contributed by atoms with E-state index in [4.69, 9.17) is 13.8 Å². The molecule has 80 heavy (non-hydrogen) atoms. The van der Waals surface area contributed by atoms with E-state index in [-0.39, 0.29) is 22.4 Å². The van der Waals surface area contributed by atoms with E-state index in [9.17, 15) is 0 Å². The van der Waals surface area contributed by atoms with Gasteiger partial charge in [0.2, 0.25) is 0 Å². The Morgan fingerprint density at radius 2 is 1.16 bits per heavy atom. The molecule has 5 nitrogen and oxygen atoms in total. The molecule has 0 saturated heterocycles. The van der Waals surface area contributed by atoms with E-state index in [2.05, 4.69) is 216 Å². The van der Waals surface area contributed by atoms with E-state index in [0.29, 0.717) is 22.9 Å². The van der Waals surface area contributed by atoms with Crippen LogP contribution in [-0.2, 0) is 36.6 Å². The van der Waals surface area contributed by atoms with Crippen molar-refractivity contribution in [3.8, 4) is 67.5 Å². The first-order valence-electron chi connectivity index (χ1n) is 29.4. The van der Waals surface area contributed by atoms with Crippen molar-refractivity contribution in [2.75, 3.05) is 0 Å². The first kappa shape index (κ1) is 47.9. The number of ether oxygens (including phenoxy) is 1. The fourth-order valence-corrected chi connectivity index (χ4v) is 13.0. The molecule has 0 radical (unpaired) electrons. The summed E-state index contributed by atoms with van der Waals surface area (Å²) >= 11 is 2.60. The van der Waals surface area contributed by atoms with E-state index in [1.54, 1.807) is 12.3 Å². The van der Waals surface area contributed by atoms with Crippen LogP contribution in [0.25, 0.3) is 88.9 Å². The van der Waals surface area contributed by atoms with Gasteiger partial charge in [0, 0.05) is 15.9 Å². The summed E-state index contributed by atoms with van der Waals surface area (Å²) in [5.74, 6) is 1.59. The van der Waals surface area contributed by atoms with Crippen LogP contribution in [0.3, 0.4) is 0 Å². The molecule has 0 fully saturated rings. The van der Waals surface area contributed by atoms with Gasteiger partial charge in [-0.2, -0.15) is 0 Å². The summed E-state index contributed by atoms with van der Waals surface area (Å²) < 4.78 is 41.3. The van der Waals surface area contributed by atoms with Crippen molar-refractivity contribution in [2.24, 2.45) is 0 Å². The number of aryl methyl sites for hydroxylation is 2. The van der Waals surface area contributed by atoms with Crippen molar-refractivity contribution in [2.45, 2.75) is 90.9 Å². The molecule has 0 aliphatic heterocycles. The number of fused-ring (bicyclic) bond motifs is 5. The van der Waals surface area contributed by atoms with Gasteiger partial charge in [-0.05, 0) is 41.2 Å². The SMILES string of the molecule is [2H]C([2H])([2H])c1cc(-n2c3[c-]c(Oc4[c-]c5c(cc4)CCCCC5n4[c](=[Pt])n(-c5c(-c6ccccc6)cccc5-c5cc(C(C)(C)C)cc(C(C)(C)C)c5)c5ccccc54)ccc3c3cc(-c4ccccc4)ccc32)ncc1-c1ccccc1. The molecule has 9 aromatic carbocycles. The van der Waals surface area contributed by atoms with E-state index < -0.39 is 6.85 Å². The average Bonchev–Trinajstić information content (AvgIpc) is 3.74. The third-order valence-corrected chi connectivity index (χ3v) is 17.2. The molecule has 3 aromatic heterocycles. The number of aromatic nitrogens is 4. The summed E-state index contributed by atoms with van der Waals surface area (Å²) in [4.78, 5) is 5.02. The van der Waals surface area contributed by atoms with Gasteiger partial charge in [0.05, 0.1) is 0 Å². The van der Waals surface area contributed by atoms with Crippen LogP contribution in [0.4, 0.5) is 0 Å². The Hall–Kier alpha value is -8.11. The van der Waals surface area contributed by atoms with Crippen molar-refractivity contribution < 1.29 is 28.2 Å². The first-order valence-corrected chi connectivity index (χ1v) is 29.0. The number of para-hydroxylation sites is 3. The van der Waals surface area contributed by atoms with Crippen molar-refractivity contribution in [3.05, 3.63) is 250 Å². The number of hydrogen-bond donors (Lipinski definition) is 0. The molecule has 1 aliphatic carbocycles. The molecule has 0 saturated carbocycles. The van der Waals surface area contributed by atoms with Crippen molar-refractivity contribution in [1.82, 2.24) is 18.7 Å². The fraction of sp³-hybridized carbons (Fsp3) is 0.189. The van der Waals surface area contributed by atoms with E-state index in [0.717, 1.165) is 101 Å². The Bertz CT molecular complexity index is 4470. The molecule has 0 spiro atoms. The topological polar surface area (TPSA) is 36.9 Å². The summed E-state index contributed by atoms with van der Waals surface area (Å²) in [6.45, 7) is 11.5. The third-order valence-electron chi connectivity index (χ3n) is 16.1. The van der Waals surface area contributed by atoms with E-state index in [1.165, 1.54) is 27.8 Å². The average molecular weight is 1220 g/mol. The van der Waals surface area contributed by atoms with Gasteiger partial charge in [0.1, 0.15) is 0 Å². The minimum Gasteiger partial charge on any atom is -0.238 e. The zero-order valence-electron chi connectivity index (χ0n) is 49.0. The first-order chi connectivity index (χ1) is 40.0. The Morgan fingerprint density at radius 3 is 1.85 bits per heavy atom. The second-order valence-corrected chi connectivity index (χ2v) is 24.4. The molecule has 0 bridgehead atoms. The van der Waals surface area contributed by atoms with Gasteiger partial charge in [0.25, 0.3) is 0 Å². The maximum atomic E-state index is 8.73. The van der Waals surface area contributed by atoms with Crippen LogP contribution in [0.1, 0.15) is 98.8 Å².